The van der Waals surface area contributed by atoms with Crippen molar-refractivity contribution in [3.05, 3.63) is 54.7 Å². The number of aromatic nitrogens is 3. The van der Waals surface area contributed by atoms with Gasteiger partial charge < -0.3 is 34.9 Å². The number of hydrogen-bond donors (Lipinski definition) is 4. The zero-order chi connectivity index (χ0) is 25.3. The van der Waals surface area contributed by atoms with Crippen LogP contribution in [0.25, 0.3) is 11.0 Å². The highest BCUT2D eigenvalue weighted by atomic mass is 31.2. The molecule has 0 radical (unpaired) electrons. The van der Waals surface area contributed by atoms with Crippen LogP contribution >= 0.6 is 7.14 Å². The van der Waals surface area contributed by atoms with E-state index in [-0.39, 0.29) is 6.10 Å². The average Bonchev–Trinajstić information content (AvgIpc) is 3.34. The smallest absolute Gasteiger partial charge is 0.231 e. The zero-order valence-corrected chi connectivity index (χ0v) is 21.5. The predicted molar refractivity (Wildman–Crippen MR) is 146 cm³/mol. The van der Waals surface area contributed by atoms with Crippen LogP contribution in [0.4, 0.5) is 28.8 Å². The molecule has 10 heteroatoms. The molecule has 2 aromatic carbocycles. The third-order valence-corrected chi connectivity index (χ3v) is 7.96. The molecule has 4 N–H and O–H groups in total. The monoisotopic (exact) mass is 506 g/mol. The first kappa shape index (κ1) is 24.2. The Morgan fingerprint density at radius 1 is 1.06 bits per heavy atom. The molecule has 1 fully saturated rings. The lowest BCUT2D eigenvalue weighted by Gasteiger charge is -2.31. The van der Waals surface area contributed by atoms with Gasteiger partial charge in [0.2, 0.25) is 5.95 Å². The van der Waals surface area contributed by atoms with Gasteiger partial charge in [-0.3, -0.25) is 0 Å². The second-order valence-corrected chi connectivity index (χ2v) is 12.5. The van der Waals surface area contributed by atoms with E-state index in [4.69, 9.17) is 9.72 Å². The number of methoxy groups -OCH3 is 1. The SMILES string of the molecule is COc1cc(N2CCC(O)CC2)ccc1Nc1nc(Nc2ccccc2P(C)(C)=O)c2cc[nH]c2n1. The van der Waals surface area contributed by atoms with Gasteiger partial charge in [-0.2, -0.15) is 9.97 Å². The maximum absolute atomic E-state index is 12.9. The van der Waals surface area contributed by atoms with Crippen molar-refractivity contribution in [1.29, 1.82) is 0 Å². The van der Waals surface area contributed by atoms with Crippen molar-refractivity contribution in [2.24, 2.45) is 0 Å². The molecular formula is C26H31N6O3P. The quantitative estimate of drug-likeness (QED) is 0.268. The maximum atomic E-state index is 12.9. The molecule has 9 nitrogen and oxygen atoms in total. The summed E-state index contributed by atoms with van der Waals surface area (Å²) in [6, 6.07) is 15.5. The fourth-order valence-electron chi connectivity index (χ4n) is 4.49. The van der Waals surface area contributed by atoms with Gasteiger partial charge in [-0.15, -0.1) is 0 Å². The number of piperidine rings is 1. The first-order chi connectivity index (χ1) is 17.3. The molecule has 0 bridgehead atoms. The molecule has 0 saturated carbocycles. The first-order valence-electron chi connectivity index (χ1n) is 12.0. The summed E-state index contributed by atoms with van der Waals surface area (Å²) < 4.78 is 18.5. The van der Waals surface area contributed by atoms with Gasteiger partial charge in [-0.25, -0.2) is 0 Å². The second kappa shape index (κ2) is 9.84. The van der Waals surface area contributed by atoms with E-state index in [1.165, 1.54) is 0 Å². The Morgan fingerprint density at radius 3 is 2.58 bits per heavy atom. The highest BCUT2D eigenvalue weighted by Gasteiger charge is 2.20. The van der Waals surface area contributed by atoms with Crippen LogP contribution in [0.1, 0.15) is 12.8 Å². The lowest BCUT2D eigenvalue weighted by molar-refractivity contribution is 0.145. The van der Waals surface area contributed by atoms with Crippen LogP contribution in [0.2, 0.25) is 0 Å². The van der Waals surface area contributed by atoms with Crippen molar-refractivity contribution >= 4 is 52.3 Å². The Bertz CT molecular complexity index is 1420. The molecule has 0 atom stereocenters. The number of nitrogens with one attached hydrogen (secondary N) is 3. The zero-order valence-electron chi connectivity index (χ0n) is 20.7. The van der Waals surface area contributed by atoms with E-state index in [0.29, 0.717) is 23.2 Å². The van der Waals surface area contributed by atoms with Crippen LogP contribution in [0.15, 0.2) is 54.7 Å². The number of rotatable bonds is 7. The van der Waals surface area contributed by atoms with Crippen molar-refractivity contribution in [2.45, 2.75) is 18.9 Å². The molecule has 0 spiro atoms. The van der Waals surface area contributed by atoms with Gasteiger partial charge in [-0.1, -0.05) is 12.1 Å². The van der Waals surface area contributed by atoms with Crippen molar-refractivity contribution in [3.8, 4) is 5.75 Å². The molecular weight excluding hydrogens is 475 g/mol. The molecule has 36 heavy (non-hydrogen) atoms. The standard InChI is InChI=1S/C26H31N6O3P/c1-35-22-16-17(32-14-11-18(33)12-15-32)8-9-20(22)29-26-30-24-19(10-13-27-24)25(31-26)28-21-6-4-5-7-23(21)36(2,3)34/h4-10,13,16,18,33H,11-12,14-15H2,1-3H3,(H3,27,28,29,30,31). The fourth-order valence-corrected chi connectivity index (χ4v) is 5.65. The van der Waals surface area contributed by atoms with Crippen LogP contribution in [0.5, 0.6) is 5.75 Å². The first-order valence-corrected chi connectivity index (χ1v) is 14.6. The van der Waals surface area contributed by atoms with E-state index >= 15 is 0 Å². The van der Waals surface area contributed by atoms with Gasteiger partial charge in [0.1, 0.15) is 24.4 Å². The minimum atomic E-state index is -2.50. The number of hydrogen-bond acceptors (Lipinski definition) is 8. The number of para-hydroxylation sites is 1. The fraction of sp³-hybridized carbons (Fsp3) is 0.308. The number of ether oxygens (including phenoxy) is 1. The number of aromatic amines is 1. The van der Waals surface area contributed by atoms with Gasteiger partial charge in [-0.05, 0) is 56.5 Å². The summed E-state index contributed by atoms with van der Waals surface area (Å²) in [5, 5.41) is 18.1. The lowest BCUT2D eigenvalue weighted by Crippen LogP contribution is -2.35. The van der Waals surface area contributed by atoms with E-state index in [0.717, 1.165) is 53.7 Å². The normalized spacial score (nSPS) is 14.7. The molecule has 0 unspecified atom stereocenters. The van der Waals surface area contributed by atoms with Crippen molar-refractivity contribution in [2.75, 3.05) is 49.1 Å². The van der Waals surface area contributed by atoms with E-state index in [2.05, 4.69) is 25.5 Å². The Morgan fingerprint density at radius 2 is 1.83 bits per heavy atom. The van der Waals surface area contributed by atoms with E-state index in [9.17, 15) is 9.67 Å². The summed E-state index contributed by atoms with van der Waals surface area (Å²) in [5.41, 5.74) is 3.22. The van der Waals surface area contributed by atoms with Gasteiger partial charge >= 0.3 is 0 Å². The third-order valence-electron chi connectivity index (χ3n) is 6.41. The van der Waals surface area contributed by atoms with Crippen molar-refractivity contribution in [1.82, 2.24) is 15.0 Å². The molecule has 3 heterocycles. The third kappa shape index (κ3) is 5.03. The molecule has 1 saturated heterocycles. The van der Waals surface area contributed by atoms with Crippen molar-refractivity contribution in [3.63, 3.8) is 0 Å². The van der Waals surface area contributed by atoms with Gasteiger partial charge in [0, 0.05) is 36.3 Å². The summed E-state index contributed by atoms with van der Waals surface area (Å²) in [6.45, 7) is 5.13. The maximum Gasteiger partial charge on any atom is 0.231 e. The molecule has 4 aromatic rings. The van der Waals surface area contributed by atoms with Crippen molar-refractivity contribution < 1.29 is 14.4 Å². The Kier molecular flexibility index (Phi) is 6.60. The van der Waals surface area contributed by atoms with Gasteiger partial charge in [0.15, 0.2) is 0 Å². The van der Waals surface area contributed by atoms with E-state index in [1.807, 2.05) is 54.7 Å². The predicted octanol–water partition coefficient (Wildman–Crippen LogP) is 4.66. The number of H-pyrrole nitrogens is 1. The summed E-state index contributed by atoms with van der Waals surface area (Å²) >= 11 is 0. The molecule has 2 aromatic heterocycles. The van der Waals surface area contributed by atoms with Crippen LogP contribution in [0.3, 0.4) is 0 Å². The van der Waals surface area contributed by atoms with E-state index in [1.54, 1.807) is 20.4 Å². The molecule has 1 aliphatic rings. The molecule has 1 aliphatic heterocycles. The topological polar surface area (TPSA) is 115 Å². The largest absolute Gasteiger partial charge is 0.494 e. The van der Waals surface area contributed by atoms with Crippen LogP contribution < -0.4 is 25.6 Å². The second-order valence-electron chi connectivity index (χ2n) is 9.36. The Labute approximate surface area is 210 Å². The van der Waals surface area contributed by atoms with Gasteiger partial charge in [0.05, 0.1) is 30.0 Å². The minimum absolute atomic E-state index is 0.222. The lowest BCUT2D eigenvalue weighted by atomic mass is 10.1. The molecule has 0 amide bonds. The molecule has 188 valence electrons. The number of anilines is 5. The number of aliphatic hydroxyl groups is 1. The van der Waals surface area contributed by atoms with Gasteiger partial charge in [0.25, 0.3) is 0 Å². The Hall–Kier alpha value is -3.55. The van der Waals surface area contributed by atoms with E-state index < -0.39 is 7.14 Å². The van der Waals surface area contributed by atoms with Crippen LogP contribution in [-0.4, -0.2) is 59.7 Å². The highest BCUT2D eigenvalue weighted by Crippen LogP contribution is 2.39. The molecule has 5 rings (SSSR count). The number of aliphatic hydroxyl groups excluding tert-OH is 1. The highest BCUT2D eigenvalue weighted by molar-refractivity contribution is 7.70. The van der Waals surface area contributed by atoms with Crippen LogP contribution in [-0.2, 0) is 4.57 Å². The summed E-state index contributed by atoms with van der Waals surface area (Å²) in [6.07, 6.45) is 3.11. The van der Waals surface area contributed by atoms with Crippen LogP contribution in [0, 0.1) is 0 Å². The number of benzene rings is 2. The summed E-state index contributed by atoms with van der Waals surface area (Å²) in [5.74, 6) is 1.67. The average molecular weight is 507 g/mol. The number of fused-ring (bicyclic) bond motifs is 1. The summed E-state index contributed by atoms with van der Waals surface area (Å²) in [7, 11) is -0.864. The Balaban J connectivity index is 1.45. The minimum Gasteiger partial charge on any atom is -0.494 e. The number of nitrogens with zero attached hydrogens (tertiary/aromatic N) is 3. The molecule has 0 aliphatic carbocycles. The summed E-state index contributed by atoms with van der Waals surface area (Å²) in [4.78, 5) is 14.8.